The Balaban J connectivity index is 1.99. The molecule has 1 N–H and O–H groups in total. The summed E-state index contributed by atoms with van der Waals surface area (Å²) in [6.07, 6.45) is 3.54. The normalized spacial score (nSPS) is 10.8. The van der Waals surface area contributed by atoms with E-state index in [-0.39, 0.29) is 0 Å². The second-order valence-electron chi connectivity index (χ2n) is 5.89. The molecule has 0 atom stereocenters. The molecule has 0 saturated heterocycles. The lowest BCUT2D eigenvalue weighted by molar-refractivity contribution is 1.19. The van der Waals surface area contributed by atoms with E-state index in [0.29, 0.717) is 5.82 Å². The first kappa shape index (κ1) is 15.3. The van der Waals surface area contributed by atoms with E-state index >= 15 is 0 Å². The summed E-state index contributed by atoms with van der Waals surface area (Å²) >= 11 is 0. The number of aromatic nitrogens is 3. The van der Waals surface area contributed by atoms with Crippen molar-refractivity contribution < 1.29 is 0 Å². The molecule has 4 nitrogen and oxygen atoms in total. The molecular weight excluding hydrogens is 308 g/mol. The highest BCUT2D eigenvalue weighted by Gasteiger charge is 2.13. The Bertz CT molecular complexity index is 1030. The summed E-state index contributed by atoms with van der Waals surface area (Å²) in [6.45, 7) is 2.12. The molecule has 2 heterocycles. The Labute approximate surface area is 146 Å². The van der Waals surface area contributed by atoms with E-state index in [1.54, 1.807) is 12.4 Å². The van der Waals surface area contributed by atoms with Gasteiger partial charge in [-0.3, -0.25) is 4.98 Å². The first-order valence-electron chi connectivity index (χ1n) is 8.23. The van der Waals surface area contributed by atoms with Gasteiger partial charge in [-0.2, -0.15) is 0 Å². The van der Waals surface area contributed by atoms with E-state index in [0.717, 1.165) is 27.8 Å². The highest BCUT2D eigenvalue weighted by Crippen LogP contribution is 2.32. The van der Waals surface area contributed by atoms with Gasteiger partial charge in [0.1, 0.15) is 5.82 Å². The van der Waals surface area contributed by atoms with Gasteiger partial charge in [-0.25, -0.2) is 9.97 Å². The molecular formula is C21H18N4. The molecule has 122 valence electrons. The first-order chi connectivity index (χ1) is 12.3. The molecule has 0 bridgehead atoms. The van der Waals surface area contributed by atoms with Crippen molar-refractivity contribution in [2.75, 3.05) is 12.4 Å². The quantitative estimate of drug-likeness (QED) is 0.592. The minimum atomic E-state index is 0.679. The zero-order valence-corrected chi connectivity index (χ0v) is 14.2. The summed E-state index contributed by atoms with van der Waals surface area (Å²) in [5.41, 5.74) is 5.39. The Hall–Kier alpha value is -3.27. The maximum atomic E-state index is 4.85. The smallest absolute Gasteiger partial charge is 0.163 e. The topological polar surface area (TPSA) is 50.7 Å². The Morgan fingerprint density at radius 1 is 0.840 bits per heavy atom. The van der Waals surface area contributed by atoms with Crippen LogP contribution in [0.4, 0.5) is 5.82 Å². The molecule has 4 aromatic rings. The van der Waals surface area contributed by atoms with Crippen LogP contribution in [0.25, 0.3) is 33.4 Å². The van der Waals surface area contributed by atoms with Crippen molar-refractivity contribution in [3.05, 3.63) is 72.6 Å². The Kier molecular flexibility index (Phi) is 3.86. The minimum Gasteiger partial charge on any atom is -0.373 e. The Morgan fingerprint density at radius 3 is 2.36 bits per heavy atom. The first-order valence-corrected chi connectivity index (χ1v) is 8.23. The van der Waals surface area contributed by atoms with Crippen molar-refractivity contribution in [1.29, 1.82) is 0 Å². The van der Waals surface area contributed by atoms with Crippen molar-refractivity contribution in [1.82, 2.24) is 15.0 Å². The highest BCUT2D eigenvalue weighted by atomic mass is 15.0. The molecule has 4 heteroatoms. The number of fused-ring (bicyclic) bond motifs is 1. The van der Waals surface area contributed by atoms with Gasteiger partial charge in [0, 0.05) is 30.4 Å². The van der Waals surface area contributed by atoms with Gasteiger partial charge in [0.25, 0.3) is 0 Å². The van der Waals surface area contributed by atoms with Crippen molar-refractivity contribution in [3.63, 3.8) is 0 Å². The second-order valence-corrected chi connectivity index (χ2v) is 5.89. The molecule has 4 rings (SSSR count). The van der Waals surface area contributed by atoms with Gasteiger partial charge < -0.3 is 5.32 Å². The van der Waals surface area contributed by atoms with Crippen molar-refractivity contribution in [2.45, 2.75) is 6.92 Å². The number of nitrogens with zero attached hydrogens (tertiary/aromatic N) is 3. The van der Waals surface area contributed by atoms with Crippen LogP contribution >= 0.6 is 0 Å². The second kappa shape index (κ2) is 6.32. The lowest BCUT2D eigenvalue weighted by Crippen LogP contribution is -2.00. The average molecular weight is 326 g/mol. The van der Waals surface area contributed by atoms with Gasteiger partial charge >= 0.3 is 0 Å². The third-order valence-corrected chi connectivity index (χ3v) is 4.36. The number of hydrogen-bond donors (Lipinski definition) is 1. The van der Waals surface area contributed by atoms with Crippen LogP contribution < -0.4 is 5.32 Å². The molecule has 0 unspecified atom stereocenters. The summed E-state index contributed by atoms with van der Waals surface area (Å²) < 4.78 is 0. The van der Waals surface area contributed by atoms with Crippen molar-refractivity contribution in [3.8, 4) is 22.5 Å². The van der Waals surface area contributed by atoms with Crippen LogP contribution in [0.2, 0.25) is 0 Å². The predicted molar refractivity (Wildman–Crippen MR) is 102 cm³/mol. The summed E-state index contributed by atoms with van der Waals surface area (Å²) in [5.74, 6) is 1.50. The number of rotatable bonds is 3. The number of aryl methyl sites for hydroxylation is 1. The van der Waals surface area contributed by atoms with Gasteiger partial charge in [-0.1, -0.05) is 36.4 Å². The molecule has 0 aliphatic carbocycles. The van der Waals surface area contributed by atoms with Gasteiger partial charge in [0.2, 0.25) is 0 Å². The molecule has 2 aromatic carbocycles. The molecule has 2 aromatic heterocycles. The molecule has 0 aliphatic heterocycles. The molecule has 0 amide bonds. The number of nitrogens with one attached hydrogen (secondary N) is 1. The summed E-state index contributed by atoms with van der Waals surface area (Å²) in [7, 11) is 1.88. The number of anilines is 1. The lowest BCUT2D eigenvalue weighted by atomic mass is 9.98. The summed E-state index contributed by atoms with van der Waals surface area (Å²) in [4.78, 5) is 13.7. The van der Waals surface area contributed by atoms with E-state index in [2.05, 4.69) is 58.6 Å². The van der Waals surface area contributed by atoms with Crippen LogP contribution in [0.15, 0.2) is 67.0 Å². The van der Waals surface area contributed by atoms with Crippen molar-refractivity contribution >= 4 is 16.7 Å². The van der Waals surface area contributed by atoms with Gasteiger partial charge in [0.05, 0.1) is 5.52 Å². The van der Waals surface area contributed by atoms with Gasteiger partial charge in [0.15, 0.2) is 5.82 Å². The zero-order chi connectivity index (χ0) is 17.2. The monoisotopic (exact) mass is 326 g/mol. The SMILES string of the molecule is CNc1nc(-c2cccnc2)nc2c(C)c(-c3ccccc3)ccc12. The van der Waals surface area contributed by atoms with Crippen LogP contribution in [0.1, 0.15) is 5.56 Å². The van der Waals surface area contributed by atoms with E-state index in [1.165, 1.54) is 11.1 Å². The summed E-state index contributed by atoms with van der Waals surface area (Å²) in [6, 6.07) is 18.5. The number of benzene rings is 2. The molecule has 0 radical (unpaired) electrons. The molecule has 0 spiro atoms. The summed E-state index contributed by atoms with van der Waals surface area (Å²) in [5, 5.41) is 4.22. The van der Waals surface area contributed by atoms with Crippen molar-refractivity contribution in [2.24, 2.45) is 0 Å². The van der Waals surface area contributed by atoms with E-state index in [4.69, 9.17) is 4.98 Å². The van der Waals surface area contributed by atoms with Gasteiger partial charge in [-0.15, -0.1) is 0 Å². The predicted octanol–water partition coefficient (Wildman–Crippen LogP) is 4.71. The van der Waals surface area contributed by atoms with Gasteiger partial charge in [-0.05, 0) is 41.8 Å². The van der Waals surface area contributed by atoms with Crippen LogP contribution in [-0.2, 0) is 0 Å². The maximum Gasteiger partial charge on any atom is 0.163 e. The molecule has 0 fully saturated rings. The zero-order valence-electron chi connectivity index (χ0n) is 14.2. The third kappa shape index (κ3) is 2.72. The molecule has 25 heavy (non-hydrogen) atoms. The van der Waals surface area contributed by atoms with E-state index in [1.807, 2.05) is 25.2 Å². The fourth-order valence-electron chi connectivity index (χ4n) is 3.08. The standard InChI is InChI=1S/C21H18N4/c1-14-17(15-7-4-3-5-8-15)10-11-18-19(14)24-20(25-21(18)22-2)16-9-6-12-23-13-16/h3-13H,1-2H3,(H,22,24,25). The minimum absolute atomic E-state index is 0.679. The lowest BCUT2D eigenvalue weighted by Gasteiger charge is -2.13. The van der Waals surface area contributed by atoms with E-state index < -0.39 is 0 Å². The van der Waals surface area contributed by atoms with Crippen LogP contribution in [0, 0.1) is 6.92 Å². The highest BCUT2D eigenvalue weighted by molar-refractivity contribution is 5.96. The molecule has 0 aliphatic rings. The Morgan fingerprint density at radius 2 is 1.64 bits per heavy atom. The average Bonchev–Trinajstić information content (AvgIpc) is 2.69. The fourth-order valence-corrected chi connectivity index (χ4v) is 3.08. The van der Waals surface area contributed by atoms with E-state index in [9.17, 15) is 0 Å². The fraction of sp³-hybridized carbons (Fsp3) is 0.0952. The number of pyridine rings is 1. The third-order valence-electron chi connectivity index (χ3n) is 4.36. The number of hydrogen-bond acceptors (Lipinski definition) is 4. The van der Waals surface area contributed by atoms with Crippen LogP contribution in [-0.4, -0.2) is 22.0 Å². The molecule has 0 saturated carbocycles. The largest absolute Gasteiger partial charge is 0.373 e. The maximum absolute atomic E-state index is 4.85. The van der Waals surface area contributed by atoms with Crippen LogP contribution in [0.5, 0.6) is 0 Å². The van der Waals surface area contributed by atoms with Crippen LogP contribution in [0.3, 0.4) is 0 Å².